The Labute approximate surface area is 187 Å². The number of hydrogen-bond acceptors (Lipinski definition) is 5. The molecule has 0 aromatic carbocycles. The van der Waals surface area contributed by atoms with Crippen molar-refractivity contribution in [3.8, 4) is 5.82 Å². The molecule has 0 amide bonds. The largest absolute Gasteiger partial charge is 0.368 e. The maximum Gasteiger partial charge on any atom is 0.114 e. The average molecular weight is 442 g/mol. The number of hydrogen-bond donors (Lipinski definition) is 2. The van der Waals surface area contributed by atoms with E-state index in [1.165, 1.54) is 85.3 Å². The van der Waals surface area contributed by atoms with Crippen molar-refractivity contribution in [2.45, 2.75) is 42.7 Å². The van der Waals surface area contributed by atoms with E-state index in [0.717, 1.165) is 13.1 Å². The summed E-state index contributed by atoms with van der Waals surface area (Å²) in [6, 6.07) is 4.39. The Balaban J connectivity index is 1.64. The quantitative estimate of drug-likeness (QED) is 0.681. The molecule has 2 aromatic rings. The van der Waals surface area contributed by atoms with Crippen LogP contribution in [-0.2, 0) is 0 Å². The molecule has 7 heteroatoms. The van der Waals surface area contributed by atoms with Crippen molar-refractivity contribution < 1.29 is 0 Å². The highest BCUT2D eigenvalue weighted by atomic mass is 32.2. The summed E-state index contributed by atoms with van der Waals surface area (Å²) in [5.41, 5.74) is 5.98. The minimum absolute atomic E-state index is 0.358. The first kappa shape index (κ1) is 19.3. The van der Waals surface area contributed by atoms with Crippen molar-refractivity contribution in [3.63, 3.8) is 0 Å². The van der Waals surface area contributed by atoms with E-state index >= 15 is 0 Å². The van der Waals surface area contributed by atoms with Crippen LogP contribution < -0.4 is 15.1 Å². The molecule has 0 radical (unpaired) electrons. The Hall–Kier alpha value is -1.44. The number of H-pyrrole nitrogens is 1. The first-order chi connectivity index (χ1) is 14.9. The molecule has 2 aromatic heterocycles. The van der Waals surface area contributed by atoms with E-state index in [-0.39, 0.29) is 0 Å². The van der Waals surface area contributed by atoms with Crippen LogP contribution in [-0.4, -0.2) is 47.2 Å². The van der Waals surface area contributed by atoms with Gasteiger partial charge in [-0.1, -0.05) is 6.08 Å². The zero-order chi connectivity index (χ0) is 19.9. The Bertz CT molecular complexity index is 903. The number of rotatable bonds is 5. The fraction of sp³-hybridized carbons (Fsp3) is 0.565. The van der Waals surface area contributed by atoms with Gasteiger partial charge in [0.1, 0.15) is 5.82 Å². The molecule has 4 aliphatic heterocycles. The van der Waals surface area contributed by atoms with E-state index in [0.29, 0.717) is 10.6 Å². The summed E-state index contributed by atoms with van der Waals surface area (Å²) in [5, 5.41) is 4.74. The van der Waals surface area contributed by atoms with Gasteiger partial charge in [0.2, 0.25) is 0 Å². The summed E-state index contributed by atoms with van der Waals surface area (Å²) >= 11 is 4.22. The Morgan fingerprint density at radius 1 is 0.967 bits per heavy atom. The number of allylic oxidation sites excluding steroid dienone is 1. The van der Waals surface area contributed by atoms with Crippen molar-refractivity contribution in [2.24, 2.45) is 0 Å². The zero-order valence-corrected chi connectivity index (χ0v) is 19.1. The van der Waals surface area contributed by atoms with Crippen LogP contribution in [0, 0.1) is 0 Å². The van der Waals surface area contributed by atoms with Gasteiger partial charge in [-0.2, -0.15) is 11.8 Å². The van der Waals surface area contributed by atoms with Crippen molar-refractivity contribution in [1.29, 1.82) is 0 Å². The second-order valence-electron chi connectivity index (χ2n) is 8.63. The summed E-state index contributed by atoms with van der Waals surface area (Å²) in [4.78, 5) is 8.79. The number of aromatic amines is 1. The molecule has 0 bridgehead atoms. The van der Waals surface area contributed by atoms with Crippen LogP contribution in [0.1, 0.15) is 54.1 Å². The summed E-state index contributed by atoms with van der Waals surface area (Å²) in [6.45, 7) is 4.58. The summed E-state index contributed by atoms with van der Waals surface area (Å²) in [5.74, 6) is 3.68. The molecule has 0 aliphatic carbocycles. The van der Waals surface area contributed by atoms with Crippen LogP contribution in [0.2, 0.25) is 0 Å². The van der Waals surface area contributed by atoms with Crippen LogP contribution >= 0.6 is 23.5 Å². The molecule has 3 fully saturated rings. The molecule has 2 unspecified atom stereocenters. The van der Waals surface area contributed by atoms with Gasteiger partial charge in [0.25, 0.3) is 0 Å². The Morgan fingerprint density at radius 3 is 2.57 bits per heavy atom. The van der Waals surface area contributed by atoms with Gasteiger partial charge in [-0.3, -0.25) is 9.88 Å². The van der Waals surface area contributed by atoms with E-state index in [2.05, 4.69) is 78.8 Å². The molecule has 30 heavy (non-hydrogen) atoms. The van der Waals surface area contributed by atoms with E-state index in [1.54, 1.807) is 0 Å². The van der Waals surface area contributed by atoms with Crippen molar-refractivity contribution >= 4 is 34.9 Å². The standard InChI is InChI=1S/C23H31N5S2/c1-2-11-26(12-3-1)20-19(17-7-5-15-29-17)28(18-8-4-9-24-18)22(23-25-10-16-30-23)21(20)27-13-6-14-27/h2,4,8-9,11,17,23-25H,1,3,5-7,10,12-16H2. The summed E-state index contributed by atoms with van der Waals surface area (Å²) in [7, 11) is 0. The predicted octanol–water partition coefficient (Wildman–Crippen LogP) is 5.03. The number of aromatic nitrogens is 2. The van der Waals surface area contributed by atoms with Crippen LogP contribution in [0.5, 0.6) is 0 Å². The number of nitrogens with one attached hydrogen (secondary N) is 2. The lowest BCUT2D eigenvalue weighted by Crippen LogP contribution is -2.39. The van der Waals surface area contributed by atoms with E-state index in [9.17, 15) is 0 Å². The topological polar surface area (TPSA) is 39.2 Å². The van der Waals surface area contributed by atoms with Crippen LogP contribution in [0.4, 0.5) is 11.4 Å². The SMILES string of the molecule is C1=CN(c2c(N3CCC3)c(C3NCCS3)n(-c3ccc[nH]3)c2C2CCCS2)CCC1. The molecular formula is C23H31N5S2. The molecule has 6 rings (SSSR count). The second kappa shape index (κ2) is 8.24. The minimum Gasteiger partial charge on any atom is -0.368 e. The van der Waals surface area contributed by atoms with E-state index in [1.807, 2.05) is 0 Å². The molecule has 3 saturated heterocycles. The fourth-order valence-corrected chi connectivity index (χ4v) is 7.62. The third-order valence-corrected chi connectivity index (χ3v) is 9.28. The van der Waals surface area contributed by atoms with Crippen LogP contribution in [0.3, 0.4) is 0 Å². The average Bonchev–Trinajstić information content (AvgIpc) is 3.53. The lowest BCUT2D eigenvalue weighted by Gasteiger charge is -2.37. The number of thioether (sulfide) groups is 2. The van der Waals surface area contributed by atoms with Gasteiger partial charge in [0, 0.05) is 49.6 Å². The van der Waals surface area contributed by atoms with Gasteiger partial charge >= 0.3 is 0 Å². The normalized spacial score (nSPS) is 26.5. The van der Waals surface area contributed by atoms with Crippen molar-refractivity contribution in [2.75, 3.05) is 47.5 Å². The maximum absolute atomic E-state index is 3.81. The summed E-state index contributed by atoms with van der Waals surface area (Å²) < 4.78 is 2.62. The van der Waals surface area contributed by atoms with Gasteiger partial charge in [-0.05, 0) is 50.0 Å². The van der Waals surface area contributed by atoms with Gasteiger partial charge in [-0.15, -0.1) is 11.8 Å². The fourth-order valence-electron chi connectivity index (χ4n) is 5.21. The molecule has 4 aliphatic rings. The Morgan fingerprint density at radius 2 is 1.93 bits per heavy atom. The maximum atomic E-state index is 3.81. The molecule has 0 spiro atoms. The van der Waals surface area contributed by atoms with E-state index < -0.39 is 0 Å². The minimum atomic E-state index is 0.358. The van der Waals surface area contributed by atoms with Gasteiger partial charge in [-0.25, -0.2) is 0 Å². The van der Waals surface area contributed by atoms with Gasteiger partial charge in [0.15, 0.2) is 0 Å². The first-order valence-corrected chi connectivity index (χ1v) is 13.6. The molecule has 0 saturated carbocycles. The Kier molecular flexibility index (Phi) is 5.29. The van der Waals surface area contributed by atoms with Crippen LogP contribution in [0.25, 0.3) is 5.82 Å². The lowest BCUT2D eigenvalue weighted by atomic mass is 10.1. The van der Waals surface area contributed by atoms with Crippen LogP contribution in [0.15, 0.2) is 30.6 Å². The lowest BCUT2D eigenvalue weighted by molar-refractivity contribution is 0.607. The molecule has 160 valence electrons. The molecule has 5 nitrogen and oxygen atoms in total. The highest BCUT2D eigenvalue weighted by Gasteiger charge is 2.39. The molecule has 6 heterocycles. The van der Waals surface area contributed by atoms with Crippen molar-refractivity contribution in [3.05, 3.63) is 42.0 Å². The van der Waals surface area contributed by atoms with Gasteiger partial charge < -0.3 is 14.8 Å². The highest BCUT2D eigenvalue weighted by molar-refractivity contribution is 8.00. The predicted molar refractivity (Wildman–Crippen MR) is 130 cm³/mol. The monoisotopic (exact) mass is 441 g/mol. The second-order valence-corrected chi connectivity index (χ2v) is 11.1. The third kappa shape index (κ3) is 3.21. The molecular weight excluding hydrogens is 410 g/mol. The van der Waals surface area contributed by atoms with Crippen molar-refractivity contribution in [1.82, 2.24) is 14.9 Å². The van der Waals surface area contributed by atoms with E-state index in [4.69, 9.17) is 0 Å². The van der Waals surface area contributed by atoms with Gasteiger partial charge in [0.05, 0.1) is 28.1 Å². The first-order valence-electron chi connectivity index (χ1n) is 11.5. The zero-order valence-electron chi connectivity index (χ0n) is 17.5. The highest BCUT2D eigenvalue weighted by Crippen LogP contribution is 2.54. The smallest absolute Gasteiger partial charge is 0.114 e. The molecule has 2 atom stereocenters. The number of anilines is 2. The summed E-state index contributed by atoms with van der Waals surface area (Å²) in [6.07, 6.45) is 13.2. The third-order valence-electron chi connectivity index (χ3n) is 6.73. The molecule has 2 N–H and O–H groups in total. The number of nitrogens with zero attached hydrogens (tertiary/aromatic N) is 3.